The van der Waals surface area contributed by atoms with Gasteiger partial charge in [-0.05, 0) is 29.7 Å². The fourth-order valence-corrected chi connectivity index (χ4v) is 3.43. The van der Waals surface area contributed by atoms with Crippen molar-refractivity contribution in [2.75, 3.05) is 32.2 Å². The van der Waals surface area contributed by atoms with Crippen molar-refractivity contribution in [3.63, 3.8) is 0 Å². The molecule has 0 bridgehead atoms. The monoisotopic (exact) mass is 399 g/mol. The highest BCUT2D eigenvalue weighted by Gasteiger charge is 2.25. The molecule has 2 atom stereocenters. The van der Waals surface area contributed by atoms with E-state index in [0.717, 1.165) is 11.3 Å². The van der Waals surface area contributed by atoms with Crippen molar-refractivity contribution < 1.29 is 19.4 Å². The molecule has 1 amide bonds. The van der Waals surface area contributed by atoms with Crippen LogP contribution in [0.15, 0.2) is 30.6 Å². The van der Waals surface area contributed by atoms with E-state index in [0.29, 0.717) is 32.0 Å². The average molecular weight is 399 g/mol. The van der Waals surface area contributed by atoms with Gasteiger partial charge >= 0.3 is 0 Å². The van der Waals surface area contributed by atoms with E-state index in [-0.39, 0.29) is 30.2 Å². The van der Waals surface area contributed by atoms with Gasteiger partial charge in [-0.15, -0.1) is 0 Å². The van der Waals surface area contributed by atoms with Crippen LogP contribution in [0.4, 0.5) is 5.82 Å². The number of ether oxygens (including phenoxy) is 2. The number of methoxy groups -OCH3 is 1. The number of nitrogens with zero attached hydrogens (tertiary/aromatic N) is 2. The predicted octanol–water partition coefficient (Wildman–Crippen LogP) is 0.101. The lowest BCUT2D eigenvalue weighted by Crippen LogP contribution is -2.49. The van der Waals surface area contributed by atoms with E-state index in [1.54, 1.807) is 13.2 Å². The van der Waals surface area contributed by atoms with Crippen molar-refractivity contribution in [1.29, 1.82) is 0 Å². The van der Waals surface area contributed by atoms with Gasteiger partial charge in [-0.1, -0.05) is 6.07 Å². The number of hydrogen-bond acceptors (Lipinski definition) is 8. The Bertz CT molecular complexity index is 874. The Morgan fingerprint density at radius 2 is 2.21 bits per heavy atom. The van der Waals surface area contributed by atoms with Crippen molar-refractivity contribution >= 4 is 11.7 Å². The maximum absolute atomic E-state index is 12.4. The summed E-state index contributed by atoms with van der Waals surface area (Å²) in [4.78, 5) is 20.6. The summed E-state index contributed by atoms with van der Waals surface area (Å²) in [5.74, 6) is 1.06. The van der Waals surface area contributed by atoms with Gasteiger partial charge < -0.3 is 30.5 Å². The van der Waals surface area contributed by atoms with Gasteiger partial charge in [0, 0.05) is 25.2 Å². The van der Waals surface area contributed by atoms with Crippen LogP contribution in [0.2, 0.25) is 0 Å². The summed E-state index contributed by atoms with van der Waals surface area (Å²) in [6.45, 7) is 2.03. The average Bonchev–Trinajstić information content (AvgIpc) is 2.73. The number of nitrogens with one attached hydrogen (secondary N) is 3. The molecule has 1 saturated heterocycles. The topological polar surface area (TPSA) is 118 Å². The number of aliphatic hydroxyl groups excluding tert-OH is 1. The van der Waals surface area contributed by atoms with Crippen LogP contribution < -0.4 is 20.7 Å². The number of rotatable bonds is 7. The summed E-state index contributed by atoms with van der Waals surface area (Å²) in [5.41, 5.74) is 2.59. The SMILES string of the molecule is COc1ccc2c(c1)CN[C@H]([C@H](O)CNC(=O)c1cc(NC3COC3)ncn1)C2. The lowest BCUT2D eigenvalue weighted by atomic mass is 9.92. The third-order valence-electron chi connectivity index (χ3n) is 5.23. The second-order valence-corrected chi connectivity index (χ2v) is 7.27. The molecule has 1 fully saturated rings. The van der Waals surface area contributed by atoms with Crippen LogP contribution in [0.3, 0.4) is 0 Å². The van der Waals surface area contributed by atoms with E-state index in [2.05, 4.69) is 25.9 Å². The van der Waals surface area contributed by atoms with Crippen molar-refractivity contribution in [3.8, 4) is 5.75 Å². The second-order valence-electron chi connectivity index (χ2n) is 7.27. The van der Waals surface area contributed by atoms with Crippen LogP contribution in [-0.4, -0.2) is 66.0 Å². The predicted molar refractivity (Wildman–Crippen MR) is 106 cm³/mol. The molecule has 0 spiro atoms. The summed E-state index contributed by atoms with van der Waals surface area (Å²) in [7, 11) is 1.64. The number of aliphatic hydroxyl groups is 1. The molecule has 2 aliphatic rings. The van der Waals surface area contributed by atoms with Gasteiger partial charge in [-0.2, -0.15) is 0 Å². The molecule has 1 aromatic carbocycles. The molecule has 1 aromatic heterocycles. The number of amides is 1. The number of carbonyl (C=O) groups is 1. The Balaban J connectivity index is 1.30. The molecule has 0 saturated carbocycles. The number of carbonyl (C=O) groups excluding carboxylic acids is 1. The highest BCUT2D eigenvalue weighted by molar-refractivity contribution is 5.92. The quantitative estimate of drug-likeness (QED) is 0.518. The molecule has 2 aliphatic heterocycles. The normalized spacial score (nSPS) is 19.6. The number of benzene rings is 1. The molecule has 0 radical (unpaired) electrons. The largest absolute Gasteiger partial charge is 0.497 e. The summed E-state index contributed by atoms with van der Waals surface area (Å²) in [6.07, 6.45) is 1.31. The van der Waals surface area contributed by atoms with E-state index in [4.69, 9.17) is 9.47 Å². The van der Waals surface area contributed by atoms with E-state index in [9.17, 15) is 9.90 Å². The first kappa shape index (κ1) is 19.6. The van der Waals surface area contributed by atoms with Gasteiger partial charge in [0.25, 0.3) is 5.91 Å². The maximum Gasteiger partial charge on any atom is 0.270 e. The first-order valence-corrected chi connectivity index (χ1v) is 9.64. The van der Waals surface area contributed by atoms with Crippen LogP contribution in [0.25, 0.3) is 0 Å². The maximum atomic E-state index is 12.4. The molecule has 0 unspecified atom stereocenters. The van der Waals surface area contributed by atoms with Crippen molar-refractivity contribution in [2.45, 2.75) is 31.2 Å². The number of fused-ring (bicyclic) bond motifs is 1. The van der Waals surface area contributed by atoms with Gasteiger partial charge in [-0.25, -0.2) is 9.97 Å². The fraction of sp³-hybridized carbons (Fsp3) is 0.450. The van der Waals surface area contributed by atoms with Crippen LogP contribution in [0.1, 0.15) is 21.6 Å². The van der Waals surface area contributed by atoms with E-state index in [1.807, 2.05) is 18.2 Å². The van der Waals surface area contributed by atoms with Crippen LogP contribution in [-0.2, 0) is 17.7 Å². The number of aromatic nitrogens is 2. The summed E-state index contributed by atoms with van der Waals surface area (Å²) in [5, 5.41) is 19.8. The zero-order valence-electron chi connectivity index (χ0n) is 16.2. The summed E-state index contributed by atoms with van der Waals surface area (Å²) in [6, 6.07) is 7.62. The Labute approximate surface area is 168 Å². The standard InChI is InChI=1S/C20H25N5O4/c1-28-15-3-2-12-5-16(21-7-13(12)4-15)18(26)8-22-20(27)17-6-19(24-11-23-17)25-14-9-29-10-14/h2-4,6,11,14,16,18,21,26H,5,7-10H2,1H3,(H,22,27)(H,23,24,25)/t16-,18+/m0/s1. The number of anilines is 1. The molecule has 4 N–H and O–H groups in total. The van der Waals surface area contributed by atoms with Gasteiger partial charge in [0.2, 0.25) is 0 Å². The molecule has 154 valence electrons. The Hall–Kier alpha value is -2.75. The molecule has 9 nitrogen and oxygen atoms in total. The molecular weight excluding hydrogens is 374 g/mol. The van der Waals surface area contributed by atoms with Crippen LogP contribution >= 0.6 is 0 Å². The Morgan fingerprint density at radius 3 is 2.97 bits per heavy atom. The zero-order valence-corrected chi connectivity index (χ0v) is 16.2. The minimum atomic E-state index is -0.722. The second kappa shape index (κ2) is 8.73. The van der Waals surface area contributed by atoms with Gasteiger partial charge in [-0.3, -0.25) is 4.79 Å². The van der Waals surface area contributed by atoms with Crippen molar-refractivity contribution in [2.24, 2.45) is 0 Å². The molecule has 29 heavy (non-hydrogen) atoms. The minimum absolute atomic E-state index is 0.130. The zero-order chi connectivity index (χ0) is 20.2. The first-order chi connectivity index (χ1) is 14.1. The minimum Gasteiger partial charge on any atom is -0.497 e. The smallest absolute Gasteiger partial charge is 0.270 e. The first-order valence-electron chi connectivity index (χ1n) is 9.64. The third kappa shape index (κ3) is 4.64. The van der Waals surface area contributed by atoms with E-state index < -0.39 is 6.10 Å². The van der Waals surface area contributed by atoms with Crippen LogP contribution in [0, 0.1) is 0 Å². The highest BCUT2D eigenvalue weighted by atomic mass is 16.5. The number of hydrogen-bond donors (Lipinski definition) is 4. The van der Waals surface area contributed by atoms with Gasteiger partial charge in [0.15, 0.2) is 0 Å². The summed E-state index contributed by atoms with van der Waals surface area (Å²) < 4.78 is 10.4. The third-order valence-corrected chi connectivity index (χ3v) is 5.23. The fourth-order valence-electron chi connectivity index (χ4n) is 3.43. The molecular formula is C20H25N5O4. The van der Waals surface area contributed by atoms with Gasteiger partial charge in [0.05, 0.1) is 32.5 Å². The summed E-state index contributed by atoms with van der Waals surface area (Å²) >= 11 is 0. The lowest BCUT2D eigenvalue weighted by molar-refractivity contribution is 0.0209. The highest BCUT2D eigenvalue weighted by Crippen LogP contribution is 2.23. The molecule has 9 heteroatoms. The molecule has 0 aliphatic carbocycles. The lowest BCUT2D eigenvalue weighted by Gasteiger charge is -2.30. The molecule has 4 rings (SSSR count). The molecule has 3 heterocycles. The molecule has 2 aromatic rings. The Morgan fingerprint density at radius 1 is 1.34 bits per heavy atom. The Kier molecular flexibility index (Phi) is 5.89. The van der Waals surface area contributed by atoms with Crippen LogP contribution in [0.5, 0.6) is 5.75 Å². The van der Waals surface area contributed by atoms with E-state index in [1.165, 1.54) is 11.9 Å². The van der Waals surface area contributed by atoms with Crippen molar-refractivity contribution in [3.05, 3.63) is 47.4 Å². The van der Waals surface area contributed by atoms with E-state index >= 15 is 0 Å². The van der Waals surface area contributed by atoms with Crippen molar-refractivity contribution in [1.82, 2.24) is 20.6 Å². The van der Waals surface area contributed by atoms with Gasteiger partial charge in [0.1, 0.15) is 23.6 Å².